The molecule has 1 heterocycles. The molecule has 2 rings (SSSR count). The average molecular weight is 376 g/mol. The van der Waals surface area contributed by atoms with E-state index in [2.05, 4.69) is 17.2 Å². The van der Waals surface area contributed by atoms with Gasteiger partial charge in [0, 0.05) is 36.5 Å². The van der Waals surface area contributed by atoms with Crippen LogP contribution in [0.1, 0.15) is 34.8 Å². The van der Waals surface area contributed by atoms with Crippen LogP contribution in [0, 0.1) is 0 Å². The summed E-state index contributed by atoms with van der Waals surface area (Å²) in [6, 6.07) is 9.44. The van der Waals surface area contributed by atoms with Crippen LogP contribution in [-0.2, 0) is 17.6 Å². The molecule has 0 spiro atoms. The van der Waals surface area contributed by atoms with Gasteiger partial charge in [-0.15, -0.1) is 36.2 Å². The van der Waals surface area contributed by atoms with Crippen LogP contribution in [0.4, 0.5) is 0 Å². The summed E-state index contributed by atoms with van der Waals surface area (Å²) >= 11 is 1.71. The summed E-state index contributed by atoms with van der Waals surface area (Å²) in [6.07, 6.45) is 4.00. The highest BCUT2D eigenvalue weighted by molar-refractivity contribution is 7.11. The summed E-state index contributed by atoms with van der Waals surface area (Å²) in [5.41, 5.74) is 7.02. The van der Waals surface area contributed by atoms with Crippen molar-refractivity contribution < 1.29 is 4.79 Å². The van der Waals surface area contributed by atoms with Gasteiger partial charge in [0.2, 0.25) is 5.91 Å². The molecule has 1 unspecified atom stereocenters. The number of nitrogens with zero attached hydrogens (tertiary/aromatic N) is 1. The highest BCUT2D eigenvalue weighted by Crippen LogP contribution is 2.14. The Morgan fingerprint density at radius 3 is 2.61 bits per heavy atom. The zero-order valence-corrected chi connectivity index (χ0v) is 15.5. The number of aromatic nitrogens is 1. The van der Waals surface area contributed by atoms with Crippen molar-refractivity contribution in [3.63, 3.8) is 0 Å². The van der Waals surface area contributed by atoms with Crippen molar-refractivity contribution in [3.05, 3.63) is 52.0 Å². The van der Waals surface area contributed by atoms with Gasteiger partial charge >= 0.3 is 0 Å². The van der Waals surface area contributed by atoms with Crippen molar-refractivity contribution in [3.8, 4) is 0 Å². The number of aryl methyl sites for hydroxylation is 1. The van der Waals surface area contributed by atoms with Gasteiger partial charge in [-0.1, -0.05) is 37.3 Å². The lowest BCUT2D eigenvalue weighted by Crippen LogP contribution is -2.29. The summed E-state index contributed by atoms with van der Waals surface area (Å²) in [4.78, 5) is 17.5. The third-order valence-electron chi connectivity index (χ3n) is 3.24. The molecule has 0 radical (unpaired) electrons. The predicted molar refractivity (Wildman–Crippen MR) is 101 cm³/mol. The van der Waals surface area contributed by atoms with Gasteiger partial charge in [0.1, 0.15) is 0 Å². The highest BCUT2D eigenvalue weighted by atomic mass is 35.5. The van der Waals surface area contributed by atoms with Crippen LogP contribution in [0.25, 0.3) is 0 Å². The van der Waals surface area contributed by atoms with Crippen LogP contribution >= 0.6 is 36.2 Å². The van der Waals surface area contributed by atoms with Crippen LogP contribution in [0.2, 0.25) is 0 Å². The number of benzene rings is 1. The Labute approximate surface area is 153 Å². The third kappa shape index (κ3) is 7.31. The number of amides is 1. The van der Waals surface area contributed by atoms with E-state index in [1.165, 1.54) is 4.88 Å². The average Bonchev–Trinajstić information content (AvgIpc) is 2.96. The van der Waals surface area contributed by atoms with Crippen LogP contribution < -0.4 is 11.1 Å². The molecule has 1 aromatic heterocycles. The Kier molecular flexibility index (Phi) is 10.8. The number of rotatable bonds is 7. The second-order valence-electron chi connectivity index (χ2n) is 4.90. The topological polar surface area (TPSA) is 68.0 Å². The maximum atomic E-state index is 11.9. The molecule has 0 bridgehead atoms. The molecule has 1 amide bonds. The van der Waals surface area contributed by atoms with E-state index in [0.717, 1.165) is 23.4 Å². The van der Waals surface area contributed by atoms with Crippen molar-refractivity contribution in [2.24, 2.45) is 5.73 Å². The lowest BCUT2D eigenvalue weighted by Gasteiger charge is -2.11. The van der Waals surface area contributed by atoms with Crippen LogP contribution in [0.3, 0.4) is 0 Å². The Bertz CT molecular complexity index is 578. The fraction of sp³-hybridized carbons (Fsp3) is 0.375. The lowest BCUT2D eigenvalue weighted by molar-refractivity contribution is -0.121. The molecule has 4 nitrogen and oxygen atoms in total. The number of halogens is 2. The number of nitrogens with two attached hydrogens (primary N) is 1. The third-order valence-corrected chi connectivity index (χ3v) is 4.45. The second-order valence-corrected chi connectivity index (χ2v) is 6.09. The van der Waals surface area contributed by atoms with E-state index in [9.17, 15) is 4.79 Å². The monoisotopic (exact) mass is 375 g/mol. The van der Waals surface area contributed by atoms with Crippen molar-refractivity contribution in [1.29, 1.82) is 0 Å². The maximum absolute atomic E-state index is 11.9. The zero-order chi connectivity index (χ0) is 15.1. The standard InChI is InChI=1S/C16H21N3OS.2ClH/c1-2-13-11-19-16(21-13)8-9-18-15(20)10-14(17)12-6-4-3-5-7-12;;/h3-7,11,14H,2,8-10,17H2,1H3,(H,18,20);2*1H. The first-order valence-corrected chi connectivity index (χ1v) is 8.01. The van der Waals surface area contributed by atoms with Gasteiger partial charge < -0.3 is 11.1 Å². The molecule has 2 aromatic rings. The van der Waals surface area contributed by atoms with Gasteiger partial charge in [-0.05, 0) is 12.0 Å². The van der Waals surface area contributed by atoms with Crippen molar-refractivity contribution in [2.45, 2.75) is 32.2 Å². The predicted octanol–water partition coefficient (Wildman–Crippen LogP) is 3.30. The van der Waals surface area contributed by atoms with Crippen LogP contribution in [0.5, 0.6) is 0 Å². The van der Waals surface area contributed by atoms with Gasteiger partial charge in [0.05, 0.1) is 5.01 Å². The van der Waals surface area contributed by atoms with Gasteiger partial charge in [-0.2, -0.15) is 0 Å². The van der Waals surface area contributed by atoms with E-state index in [0.29, 0.717) is 13.0 Å². The fourth-order valence-electron chi connectivity index (χ4n) is 2.03. The van der Waals surface area contributed by atoms with E-state index in [1.807, 2.05) is 36.5 Å². The van der Waals surface area contributed by atoms with E-state index >= 15 is 0 Å². The van der Waals surface area contributed by atoms with E-state index in [1.54, 1.807) is 11.3 Å². The maximum Gasteiger partial charge on any atom is 0.221 e. The molecule has 0 aliphatic heterocycles. The minimum absolute atomic E-state index is 0. The largest absolute Gasteiger partial charge is 0.356 e. The van der Waals surface area contributed by atoms with Gasteiger partial charge in [0.15, 0.2) is 0 Å². The quantitative estimate of drug-likeness (QED) is 0.779. The van der Waals surface area contributed by atoms with Gasteiger partial charge in [-0.25, -0.2) is 4.98 Å². The molecule has 1 atom stereocenters. The van der Waals surface area contributed by atoms with Crippen molar-refractivity contribution in [1.82, 2.24) is 10.3 Å². The molecule has 7 heteroatoms. The molecule has 0 saturated heterocycles. The van der Waals surface area contributed by atoms with Crippen molar-refractivity contribution in [2.75, 3.05) is 6.54 Å². The molecule has 0 saturated carbocycles. The summed E-state index contributed by atoms with van der Waals surface area (Å²) < 4.78 is 0. The number of carbonyl (C=O) groups is 1. The first-order valence-electron chi connectivity index (χ1n) is 7.20. The molecule has 0 fully saturated rings. The Hall–Kier alpha value is -1.14. The summed E-state index contributed by atoms with van der Waals surface area (Å²) in [5, 5.41) is 3.98. The van der Waals surface area contributed by atoms with Gasteiger partial charge in [0.25, 0.3) is 0 Å². The van der Waals surface area contributed by atoms with E-state index in [-0.39, 0.29) is 36.8 Å². The fourth-order valence-corrected chi connectivity index (χ4v) is 2.89. The molecular formula is C16H23Cl2N3OS. The van der Waals surface area contributed by atoms with Crippen molar-refractivity contribution >= 4 is 42.1 Å². The first kappa shape index (κ1) is 21.9. The zero-order valence-electron chi connectivity index (χ0n) is 13.0. The number of nitrogens with one attached hydrogen (secondary N) is 1. The molecule has 3 N–H and O–H groups in total. The number of thiazole rings is 1. The summed E-state index contributed by atoms with van der Waals surface area (Å²) in [5.74, 6) is -0.0152. The van der Waals surface area contributed by atoms with E-state index in [4.69, 9.17) is 5.73 Å². The minimum Gasteiger partial charge on any atom is -0.356 e. The summed E-state index contributed by atoms with van der Waals surface area (Å²) in [6.45, 7) is 2.72. The number of hydrogen-bond donors (Lipinski definition) is 2. The Balaban J connectivity index is 0.00000242. The SMILES string of the molecule is CCc1cnc(CCNC(=O)CC(N)c2ccccc2)s1.Cl.Cl. The summed E-state index contributed by atoms with van der Waals surface area (Å²) in [7, 11) is 0. The smallest absolute Gasteiger partial charge is 0.221 e. The van der Waals surface area contributed by atoms with Crippen LogP contribution in [-0.4, -0.2) is 17.4 Å². The molecular weight excluding hydrogens is 353 g/mol. The number of carbonyl (C=O) groups excluding carboxylic acids is 1. The van der Waals surface area contributed by atoms with E-state index < -0.39 is 0 Å². The first-order chi connectivity index (χ1) is 10.2. The molecule has 23 heavy (non-hydrogen) atoms. The second kappa shape index (κ2) is 11.4. The Morgan fingerprint density at radius 2 is 2.00 bits per heavy atom. The molecule has 0 aliphatic carbocycles. The lowest BCUT2D eigenvalue weighted by atomic mass is 10.0. The highest BCUT2D eigenvalue weighted by Gasteiger charge is 2.11. The number of hydrogen-bond acceptors (Lipinski definition) is 4. The normalized spacial score (nSPS) is 11.0. The molecule has 128 valence electrons. The molecule has 0 aliphatic rings. The van der Waals surface area contributed by atoms with Gasteiger partial charge in [-0.3, -0.25) is 4.79 Å². The molecule has 1 aromatic carbocycles. The Morgan fingerprint density at radius 1 is 1.30 bits per heavy atom. The van der Waals surface area contributed by atoms with Crippen LogP contribution in [0.15, 0.2) is 36.5 Å². The minimum atomic E-state index is -0.252.